The number of rotatable bonds is 4. The summed E-state index contributed by atoms with van der Waals surface area (Å²) in [7, 11) is 2.02. The molecule has 130 valence electrons. The number of para-hydroxylation sites is 2. The van der Waals surface area contributed by atoms with Crippen LogP contribution in [0.5, 0.6) is 0 Å². The van der Waals surface area contributed by atoms with Gasteiger partial charge in [0.25, 0.3) is 5.91 Å². The summed E-state index contributed by atoms with van der Waals surface area (Å²) >= 11 is 0. The molecule has 5 heteroatoms. The third kappa shape index (κ3) is 3.56. The molecule has 0 saturated heterocycles. The first-order chi connectivity index (χ1) is 12.0. The number of hydrogen-bond donors (Lipinski definition) is 2. The number of nitrogens with one attached hydrogen (secondary N) is 2. The Kier molecular flexibility index (Phi) is 4.86. The molecular formula is C20H24N3O2+. The minimum Gasteiger partial charge on any atom is -0.324 e. The van der Waals surface area contributed by atoms with Gasteiger partial charge in [0, 0.05) is 5.56 Å². The lowest BCUT2D eigenvalue weighted by Crippen LogP contribution is -3.12. The third-order valence-electron chi connectivity index (χ3n) is 4.88. The molecular weight excluding hydrogens is 314 g/mol. The van der Waals surface area contributed by atoms with Gasteiger partial charge >= 0.3 is 0 Å². The Labute approximate surface area is 148 Å². The van der Waals surface area contributed by atoms with Crippen LogP contribution >= 0.6 is 0 Å². The maximum atomic E-state index is 13.0. The molecule has 0 bridgehead atoms. The summed E-state index contributed by atoms with van der Waals surface area (Å²) in [6.45, 7) is 4.84. The molecule has 2 N–H and O–H groups in total. The molecule has 2 aromatic rings. The van der Waals surface area contributed by atoms with E-state index in [4.69, 9.17) is 0 Å². The van der Waals surface area contributed by atoms with E-state index in [1.165, 1.54) is 11.1 Å². The number of aryl methyl sites for hydroxylation is 1. The second-order valence-electron chi connectivity index (χ2n) is 6.66. The summed E-state index contributed by atoms with van der Waals surface area (Å²) < 4.78 is 0. The van der Waals surface area contributed by atoms with Crippen LogP contribution in [0.2, 0.25) is 0 Å². The Morgan fingerprint density at radius 2 is 1.88 bits per heavy atom. The maximum Gasteiger partial charge on any atom is 0.285 e. The molecule has 0 spiro atoms. The molecule has 1 aliphatic rings. The molecule has 1 aliphatic heterocycles. The molecule has 0 saturated carbocycles. The Balaban J connectivity index is 1.78. The second kappa shape index (κ2) is 7.07. The number of hydrogen-bond acceptors (Lipinski definition) is 2. The maximum absolute atomic E-state index is 13.0. The Hall–Kier alpha value is -2.66. The molecule has 1 unspecified atom stereocenters. The van der Waals surface area contributed by atoms with Crippen molar-refractivity contribution in [2.45, 2.75) is 26.4 Å². The van der Waals surface area contributed by atoms with Gasteiger partial charge in [-0.25, -0.2) is 0 Å². The lowest BCUT2D eigenvalue weighted by atomic mass is 10.1. The fraction of sp³-hybridized carbons (Fsp3) is 0.300. The molecule has 2 atom stereocenters. The number of likely N-dealkylation sites (N-methyl/N-ethyl adjacent to an activating group) is 1. The summed E-state index contributed by atoms with van der Waals surface area (Å²) in [5.74, 6) is -0.191. The van der Waals surface area contributed by atoms with E-state index in [0.717, 1.165) is 17.1 Å². The molecule has 3 rings (SSSR count). The van der Waals surface area contributed by atoms with Gasteiger partial charge in [-0.2, -0.15) is 0 Å². The Morgan fingerprint density at radius 1 is 1.20 bits per heavy atom. The van der Waals surface area contributed by atoms with Crippen molar-refractivity contribution in [1.29, 1.82) is 0 Å². The summed E-state index contributed by atoms with van der Waals surface area (Å²) in [5.41, 5.74) is 3.92. The lowest BCUT2D eigenvalue weighted by molar-refractivity contribution is -0.908. The Morgan fingerprint density at radius 3 is 2.64 bits per heavy atom. The average Bonchev–Trinajstić information content (AvgIpc) is 2.61. The molecule has 25 heavy (non-hydrogen) atoms. The van der Waals surface area contributed by atoms with Gasteiger partial charge in [0.1, 0.15) is 13.1 Å². The van der Waals surface area contributed by atoms with Crippen LogP contribution in [0.15, 0.2) is 48.5 Å². The zero-order valence-electron chi connectivity index (χ0n) is 14.9. The topological polar surface area (TPSA) is 53.9 Å². The normalized spacial score (nSPS) is 16.0. The fourth-order valence-electron chi connectivity index (χ4n) is 3.14. The van der Waals surface area contributed by atoms with Gasteiger partial charge in [0.15, 0.2) is 6.04 Å². The van der Waals surface area contributed by atoms with Crippen LogP contribution in [0, 0.1) is 6.92 Å². The minimum absolute atomic E-state index is 0.0339. The SMILES string of the molecule is Cc1ccccc1C[NH+](C)[C@@H](C)C(=O)N1CC(=O)Nc2ccccc21. The van der Waals surface area contributed by atoms with E-state index in [2.05, 4.69) is 24.4 Å². The third-order valence-corrected chi connectivity index (χ3v) is 4.88. The van der Waals surface area contributed by atoms with Gasteiger partial charge in [-0.3, -0.25) is 14.5 Å². The van der Waals surface area contributed by atoms with Crippen molar-refractivity contribution >= 4 is 23.2 Å². The van der Waals surface area contributed by atoms with E-state index in [0.29, 0.717) is 5.69 Å². The van der Waals surface area contributed by atoms with Gasteiger partial charge in [0.2, 0.25) is 5.91 Å². The predicted molar refractivity (Wildman–Crippen MR) is 98.7 cm³/mol. The van der Waals surface area contributed by atoms with E-state index in [1.54, 1.807) is 4.90 Å². The number of carbonyl (C=O) groups is 2. The fourth-order valence-corrected chi connectivity index (χ4v) is 3.14. The molecule has 1 heterocycles. The first kappa shape index (κ1) is 17.2. The van der Waals surface area contributed by atoms with E-state index in [-0.39, 0.29) is 24.4 Å². The van der Waals surface area contributed by atoms with Crippen molar-refractivity contribution in [2.75, 3.05) is 23.8 Å². The van der Waals surface area contributed by atoms with Crippen molar-refractivity contribution in [1.82, 2.24) is 0 Å². The largest absolute Gasteiger partial charge is 0.324 e. The molecule has 0 aromatic heterocycles. The van der Waals surface area contributed by atoms with E-state index in [1.807, 2.05) is 50.4 Å². The van der Waals surface area contributed by atoms with Crippen molar-refractivity contribution in [3.8, 4) is 0 Å². The number of anilines is 2. The second-order valence-corrected chi connectivity index (χ2v) is 6.66. The van der Waals surface area contributed by atoms with Crippen LogP contribution in [0.25, 0.3) is 0 Å². The molecule has 5 nitrogen and oxygen atoms in total. The number of nitrogens with zero attached hydrogens (tertiary/aromatic N) is 1. The summed E-state index contributed by atoms with van der Waals surface area (Å²) in [5, 5.41) is 2.82. The van der Waals surface area contributed by atoms with Crippen molar-refractivity contribution in [3.05, 3.63) is 59.7 Å². The highest BCUT2D eigenvalue weighted by Gasteiger charge is 2.33. The van der Waals surface area contributed by atoms with E-state index < -0.39 is 0 Å². The number of benzene rings is 2. The molecule has 0 fully saturated rings. The standard InChI is InChI=1S/C20H23N3O2/c1-14-8-4-5-9-16(14)12-22(3)15(2)20(25)23-13-19(24)21-17-10-6-7-11-18(17)23/h4-11,15H,12-13H2,1-3H3,(H,21,24)/p+1/t15-/m0/s1. The highest BCUT2D eigenvalue weighted by atomic mass is 16.2. The van der Waals surface area contributed by atoms with Gasteiger partial charge < -0.3 is 10.2 Å². The quantitative estimate of drug-likeness (QED) is 0.885. The molecule has 2 amide bonds. The van der Waals surface area contributed by atoms with E-state index >= 15 is 0 Å². The van der Waals surface area contributed by atoms with Crippen LogP contribution < -0.4 is 15.1 Å². The minimum atomic E-state index is -0.251. The summed E-state index contributed by atoms with van der Waals surface area (Å²) in [4.78, 5) is 27.7. The summed E-state index contributed by atoms with van der Waals surface area (Å²) in [6, 6.07) is 15.4. The number of amides is 2. The van der Waals surface area contributed by atoms with Crippen LogP contribution in [-0.2, 0) is 16.1 Å². The van der Waals surface area contributed by atoms with Crippen LogP contribution in [0.4, 0.5) is 11.4 Å². The lowest BCUT2D eigenvalue weighted by Gasteiger charge is -2.32. The highest BCUT2D eigenvalue weighted by Crippen LogP contribution is 2.29. The Bertz CT molecular complexity index is 803. The highest BCUT2D eigenvalue weighted by molar-refractivity contribution is 6.10. The zero-order valence-corrected chi connectivity index (χ0v) is 14.9. The number of quaternary nitrogens is 1. The van der Waals surface area contributed by atoms with Gasteiger partial charge in [-0.05, 0) is 31.5 Å². The number of carbonyl (C=O) groups excluding carboxylic acids is 2. The van der Waals surface area contributed by atoms with E-state index in [9.17, 15) is 9.59 Å². The van der Waals surface area contributed by atoms with Crippen molar-refractivity contribution in [2.24, 2.45) is 0 Å². The van der Waals surface area contributed by atoms with Crippen molar-refractivity contribution in [3.63, 3.8) is 0 Å². The van der Waals surface area contributed by atoms with Crippen LogP contribution in [0.3, 0.4) is 0 Å². The molecule has 2 aromatic carbocycles. The van der Waals surface area contributed by atoms with Gasteiger partial charge in [-0.1, -0.05) is 36.4 Å². The average molecular weight is 338 g/mol. The zero-order chi connectivity index (χ0) is 18.0. The molecule has 0 aliphatic carbocycles. The van der Waals surface area contributed by atoms with Gasteiger partial charge in [0.05, 0.1) is 18.4 Å². The summed E-state index contributed by atoms with van der Waals surface area (Å²) in [6.07, 6.45) is 0. The first-order valence-electron chi connectivity index (χ1n) is 8.54. The molecule has 0 radical (unpaired) electrons. The van der Waals surface area contributed by atoms with Gasteiger partial charge in [-0.15, -0.1) is 0 Å². The first-order valence-corrected chi connectivity index (χ1v) is 8.54. The van der Waals surface area contributed by atoms with Crippen LogP contribution in [0.1, 0.15) is 18.1 Å². The predicted octanol–water partition coefficient (Wildman–Crippen LogP) is 1.38. The smallest absolute Gasteiger partial charge is 0.285 e. The monoisotopic (exact) mass is 338 g/mol. The van der Waals surface area contributed by atoms with Crippen molar-refractivity contribution < 1.29 is 14.5 Å². The van der Waals surface area contributed by atoms with Crippen LogP contribution in [-0.4, -0.2) is 31.4 Å². The number of fused-ring (bicyclic) bond motifs is 1.